The molecule has 0 unspecified atom stereocenters. The molecule has 1 saturated heterocycles. The van der Waals surface area contributed by atoms with Gasteiger partial charge in [0.05, 0.1) is 5.69 Å². The Morgan fingerprint density at radius 3 is 2.21 bits per heavy atom. The molecule has 0 atom stereocenters. The minimum Gasteiger partial charge on any atom is -0.355 e. The Morgan fingerprint density at radius 1 is 0.897 bits per heavy atom. The third-order valence-electron chi connectivity index (χ3n) is 6.18. The lowest BCUT2D eigenvalue weighted by Gasteiger charge is -2.32. The molecule has 154 valence electrons. The molecule has 1 aliphatic carbocycles. The Labute approximate surface area is 177 Å². The van der Waals surface area contributed by atoms with Gasteiger partial charge in [0.15, 0.2) is 5.82 Å². The monoisotopic (exact) mass is 412 g/mol. The molecule has 4 rings (SSSR count). The molecule has 1 aromatic heterocycles. The molecule has 0 bridgehead atoms. The number of piperidine rings is 1. The molecule has 1 aromatic carbocycles. The average Bonchev–Trinajstić information content (AvgIpc) is 3.03. The van der Waals surface area contributed by atoms with E-state index in [4.69, 9.17) is 11.6 Å². The summed E-state index contributed by atoms with van der Waals surface area (Å²) in [7, 11) is 0. The Hall–Kier alpha value is -2.14. The normalized spacial score (nSPS) is 19.0. The second kappa shape index (κ2) is 9.57. The number of anilines is 1. The lowest BCUT2D eigenvalue weighted by molar-refractivity contribution is -0.126. The fraction of sp³-hybridized carbons (Fsp3) is 0.522. The zero-order chi connectivity index (χ0) is 20.1. The van der Waals surface area contributed by atoms with Gasteiger partial charge in [0.25, 0.3) is 0 Å². The van der Waals surface area contributed by atoms with Crippen LogP contribution in [0.3, 0.4) is 0 Å². The van der Waals surface area contributed by atoms with E-state index in [0.717, 1.165) is 55.8 Å². The number of carbonyl (C=O) groups is 1. The summed E-state index contributed by atoms with van der Waals surface area (Å²) in [5, 5.41) is 12.8. The molecule has 1 aliphatic heterocycles. The third-order valence-corrected chi connectivity index (χ3v) is 6.43. The van der Waals surface area contributed by atoms with Gasteiger partial charge in [0, 0.05) is 35.6 Å². The van der Waals surface area contributed by atoms with E-state index < -0.39 is 0 Å². The topological polar surface area (TPSA) is 58.1 Å². The van der Waals surface area contributed by atoms with Crippen molar-refractivity contribution in [1.82, 2.24) is 15.5 Å². The summed E-state index contributed by atoms with van der Waals surface area (Å²) in [5.41, 5.74) is 1.84. The highest BCUT2D eigenvalue weighted by Gasteiger charge is 2.27. The fourth-order valence-corrected chi connectivity index (χ4v) is 4.51. The summed E-state index contributed by atoms with van der Waals surface area (Å²) < 4.78 is 0. The molecule has 1 amide bonds. The first kappa shape index (κ1) is 20.1. The van der Waals surface area contributed by atoms with Crippen molar-refractivity contribution in [1.29, 1.82) is 0 Å². The van der Waals surface area contributed by atoms with E-state index in [-0.39, 0.29) is 11.8 Å². The van der Waals surface area contributed by atoms with Gasteiger partial charge in [0.2, 0.25) is 5.91 Å². The number of amides is 1. The highest BCUT2D eigenvalue weighted by molar-refractivity contribution is 6.30. The van der Waals surface area contributed by atoms with Crippen molar-refractivity contribution in [2.45, 2.75) is 57.4 Å². The number of nitrogens with zero attached hydrogens (tertiary/aromatic N) is 3. The predicted octanol–water partition coefficient (Wildman–Crippen LogP) is 4.85. The van der Waals surface area contributed by atoms with Crippen molar-refractivity contribution >= 4 is 23.3 Å². The molecular formula is C23H29ClN4O. The molecule has 5 nitrogen and oxygen atoms in total. The van der Waals surface area contributed by atoms with Crippen LogP contribution in [0.15, 0.2) is 36.4 Å². The number of aromatic nitrogens is 2. The van der Waals surface area contributed by atoms with Crippen LogP contribution in [0.1, 0.15) is 51.4 Å². The average molecular weight is 413 g/mol. The number of benzene rings is 1. The summed E-state index contributed by atoms with van der Waals surface area (Å²) in [6.07, 6.45) is 9.13. The maximum Gasteiger partial charge on any atom is 0.223 e. The number of hydrogen-bond acceptors (Lipinski definition) is 4. The molecule has 1 N–H and O–H groups in total. The van der Waals surface area contributed by atoms with Gasteiger partial charge in [-0.15, -0.1) is 10.2 Å². The van der Waals surface area contributed by atoms with Gasteiger partial charge in [0.1, 0.15) is 0 Å². The van der Waals surface area contributed by atoms with Crippen LogP contribution < -0.4 is 10.2 Å². The van der Waals surface area contributed by atoms with Gasteiger partial charge in [-0.1, -0.05) is 49.4 Å². The van der Waals surface area contributed by atoms with E-state index in [0.29, 0.717) is 11.1 Å². The Kier molecular flexibility index (Phi) is 6.65. The summed E-state index contributed by atoms with van der Waals surface area (Å²) in [6, 6.07) is 12.0. The van der Waals surface area contributed by atoms with Crippen molar-refractivity contribution in [2.75, 3.05) is 18.0 Å². The van der Waals surface area contributed by atoms with Crippen LogP contribution in [0.4, 0.5) is 5.82 Å². The van der Waals surface area contributed by atoms with E-state index >= 15 is 0 Å². The predicted molar refractivity (Wildman–Crippen MR) is 117 cm³/mol. The summed E-state index contributed by atoms with van der Waals surface area (Å²) in [4.78, 5) is 14.9. The van der Waals surface area contributed by atoms with Gasteiger partial charge in [-0.3, -0.25) is 4.79 Å². The minimum absolute atomic E-state index is 0.121. The van der Waals surface area contributed by atoms with Gasteiger partial charge >= 0.3 is 0 Å². The summed E-state index contributed by atoms with van der Waals surface area (Å²) in [6.45, 7) is 1.69. The molecule has 1 saturated carbocycles. The highest BCUT2D eigenvalue weighted by Crippen LogP contribution is 2.25. The molecule has 2 aromatic rings. The maximum atomic E-state index is 12.7. The van der Waals surface area contributed by atoms with Crippen LogP contribution in [0, 0.1) is 5.92 Å². The standard InChI is InChI=1S/C23H29ClN4O/c24-19-9-7-17(8-10-19)21-11-12-22(27-26-21)28-15-13-18(14-16-28)23(29)25-20-5-3-1-2-4-6-20/h7-12,18,20H,1-6,13-16H2,(H,25,29). The fourth-order valence-electron chi connectivity index (χ4n) is 4.38. The Balaban J connectivity index is 1.30. The zero-order valence-electron chi connectivity index (χ0n) is 16.8. The number of hydrogen-bond donors (Lipinski definition) is 1. The molecule has 0 spiro atoms. The van der Waals surface area contributed by atoms with Gasteiger partial charge in [-0.25, -0.2) is 0 Å². The summed E-state index contributed by atoms with van der Waals surface area (Å²) in [5.74, 6) is 1.25. The minimum atomic E-state index is 0.121. The lowest BCUT2D eigenvalue weighted by Crippen LogP contribution is -2.44. The number of carbonyl (C=O) groups excluding carboxylic acids is 1. The van der Waals surface area contributed by atoms with Crippen molar-refractivity contribution in [2.24, 2.45) is 5.92 Å². The lowest BCUT2D eigenvalue weighted by atomic mass is 9.95. The number of halogens is 1. The molecule has 2 heterocycles. The van der Waals surface area contributed by atoms with Crippen LogP contribution in [0.25, 0.3) is 11.3 Å². The van der Waals surface area contributed by atoms with Crippen LogP contribution in [-0.4, -0.2) is 35.2 Å². The van der Waals surface area contributed by atoms with Gasteiger partial charge in [-0.2, -0.15) is 0 Å². The molecule has 29 heavy (non-hydrogen) atoms. The van der Waals surface area contributed by atoms with Crippen LogP contribution in [0.5, 0.6) is 0 Å². The van der Waals surface area contributed by atoms with Crippen molar-refractivity contribution in [3.8, 4) is 11.3 Å². The van der Waals surface area contributed by atoms with Crippen molar-refractivity contribution in [3.05, 3.63) is 41.4 Å². The molecular weight excluding hydrogens is 384 g/mol. The smallest absolute Gasteiger partial charge is 0.223 e. The first-order valence-corrected chi connectivity index (χ1v) is 11.2. The number of nitrogens with one attached hydrogen (secondary N) is 1. The SMILES string of the molecule is O=C(NC1CCCCCC1)C1CCN(c2ccc(-c3ccc(Cl)cc3)nn2)CC1. The molecule has 6 heteroatoms. The molecule has 2 aliphatic rings. The largest absolute Gasteiger partial charge is 0.355 e. The van der Waals surface area contributed by atoms with Gasteiger partial charge in [-0.05, 0) is 49.9 Å². The van der Waals surface area contributed by atoms with Crippen molar-refractivity contribution in [3.63, 3.8) is 0 Å². The molecule has 2 fully saturated rings. The summed E-state index contributed by atoms with van der Waals surface area (Å²) >= 11 is 5.95. The van der Waals surface area contributed by atoms with Crippen LogP contribution >= 0.6 is 11.6 Å². The first-order valence-electron chi connectivity index (χ1n) is 10.8. The second-order valence-electron chi connectivity index (χ2n) is 8.24. The van der Waals surface area contributed by atoms with Crippen molar-refractivity contribution < 1.29 is 4.79 Å². The van der Waals surface area contributed by atoms with E-state index in [2.05, 4.69) is 20.4 Å². The zero-order valence-corrected chi connectivity index (χ0v) is 17.6. The maximum absolute atomic E-state index is 12.7. The van der Waals surface area contributed by atoms with Gasteiger partial charge < -0.3 is 10.2 Å². The van der Waals surface area contributed by atoms with E-state index in [1.54, 1.807) is 0 Å². The number of rotatable bonds is 4. The molecule has 0 radical (unpaired) electrons. The van der Waals surface area contributed by atoms with E-state index in [9.17, 15) is 4.79 Å². The Bertz CT molecular complexity index is 793. The van der Waals surface area contributed by atoms with E-state index in [1.807, 2.05) is 36.4 Å². The highest BCUT2D eigenvalue weighted by atomic mass is 35.5. The quantitative estimate of drug-likeness (QED) is 0.729. The van der Waals surface area contributed by atoms with E-state index in [1.165, 1.54) is 25.7 Å². The third kappa shape index (κ3) is 5.27. The van der Waals surface area contributed by atoms with Crippen LogP contribution in [0.2, 0.25) is 5.02 Å². The Morgan fingerprint density at radius 2 is 1.59 bits per heavy atom. The van der Waals surface area contributed by atoms with Crippen LogP contribution in [-0.2, 0) is 4.79 Å². The first-order chi connectivity index (χ1) is 14.2. The second-order valence-corrected chi connectivity index (χ2v) is 8.68.